The zero-order valence-corrected chi connectivity index (χ0v) is 13.2. The summed E-state index contributed by atoms with van der Waals surface area (Å²) in [7, 11) is 0. The van der Waals surface area contributed by atoms with Crippen LogP contribution >= 0.6 is 0 Å². The molecular formula is C19H22N2O. The number of nitrogens with zero attached hydrogens (tertiary/aromatic N) is 2. The number of rotatable bonds is 3. The molecule has 1 atom stereocenters. The summed E-state index contributed by atoms with van der Waals surface area (Å²) in [5.74, 6) is 0.572. The van der Waals surface area contributed by atoms with Gasteiger partial charge in [0, 0.05) is 24.5 Å². The van der Waals surface area contributed by atoms with Crippen LogP contribution in [-0.2, 0) is 6.42 Å². The number of amides is 1. The van der Waals surface area contributed by atoms with Gasteiger partial charge in [0.15, 0.2) is 0 Å². The van der Waals surface area contributed by atoms with Gasteiger partial charge in [0.1, 0.15) is 0 Å². The Bertz CT molecular complexity index is 681. The first kappa shape index (κ1) is 14.8. The van der Waals surface area contributed by atoms with Crippen LogP contribution in [0.4, 0.5) is 5.69 Å². The normalized spacial score (nSPS) is 15.3. The summed E-state index contributed by atoms with van der Waals surface area (Å²) in [5, 5.41) is 0. The molecular weight excluding hydrogens is 272 g/mol. The summed E-state index contributed by atoms with van der Waals surface area (Å²) >= 11 is 0. The van der Waals surface area contributed by atoms with Crippen LogP contribution in [-0.4, -0.2) is 17.4 Å². The molecule has 3 rings (SSSR count). The number of carbonyl (C=O) groups is 1. The third kappa shape index (κ3) is 2.76. The molecule has 3 heteroatoms. The van der Waals surface area contributed by atoms with Crippen molar-refractivity contribution >= 4 is 11.6 Å². The Labute approximate surface area is 132 Å². The molecule has 22 heavy (non-hydrogen) atoms. The van der Waals surface area contributed by atoms with E-state index in [0.717, 1.165) is 37.1 Å². The first-order valence-corrected chi connectivity index (χ1v) is 8.05. The lowest BCUT2D eigenvalue weighted by molar-refractivity contribution is 0.0985. The summed E-state index contributed by atoms with van der Waals surface area (Å²) in [5.41, 5.74) is 4.20. The largest absolute Gasteiger partial charge is 0.308 e. The Morgan fingerprint density at radius 3 is 3.05 bits per heavy atom. The predicted molar refractivity (Wildman–Crippen MR) is 89.4 cm³/mol. The highest BCUT2D eigenvalue weighted by Crippen LogP contribution is 2.28. The van der Waals surface area contributed by atoms with Crippen LogP contribution in [0.15, 0.2) is 42.7 Å². The highest BCUT2D eigenvalue weighted by Gasteiger charge is 2.23. The maximum atomic E-state index is 12.9. The number of anilines is 1. The Kier molecular flexibility index (Phi) is 4.23. The molecule has 0 saturated carbocycles. The third-order valence-corrected chi connectivity index (χ3v) is 4.56. The summed E-state index contributed by atoms with van der Waals surface area (Å²) < 4.78 is 0. The van der Waals surface area contributed by atoms with Gasteiger partial charge in [-0.05, 0) is 54.5 Å². The SMILES string of the molecule is CCC(C)c1cccc(C(=O)N2CCCc3cnccc32)c1. The van der Waals surface area contributed by atoms with Crippen LogP contribution < -0.4 is 4.90 Å². The second kappa shape index (κ2) is 6.30. The molecule has 1 aliphatic rings. The molecule has 2 aromatic rings. The first-order chi connectivity index (χ1) is 10.7. The lowest BCUT2D eigenvalue weighted by Gasteiger charge is -2.29. The molecule has 3 nitrogen and oxygen atoms in total. The highest BCUT2D eigenvalue weighted by atomic mass is 16.2. The van der Waals surface area contributed by atoms with Gasteiger partial charge >= 0.3 is 0 Å². The van der Waals surface area contributed by atoms with Crippen molar-refractivity contribution in [3.05, 3.63) is 59.4 Å². The summed E-state index contributed by atoms with van der Waals surface area (Å²) in [6.45, 7) is 5.15. The molecule has 0 fully saturated rings. The van der Waals surface area contributed by atoms with Crippen LogP contribution in [0.3, 0.4) is 0 Å². The standard InChI is InChI=1S/C19H22N2O/c1-3-14(2)15-6-4-7-16(12-15)19(22)21-11-5-8-17-13-20-10-9-18(17)21/h4,6-7,9-10,12-14H,3,5,8,11H2,1-2H3. The van der Waals surface area contributed by atoms with E-state index in [1.54, 1.807) is 6.20 Å². The average Bonchev–Trinajstić information content (AvgIpc) is 2.60. The second-order valence-electron chi connectivity index (χ2n) is 6.00. The number of hydrogen-bond donors (Lipinski definition) is 0. The van der Waals surface area contributed by atoms with E-state index in [1.165, 1.54) is 11.1 Å². The van der Waals surface area contributed by atoms with Crippen molar-refractivity contribution in [3.8, 4) is 0 Å². The van der Waals surface area contributed by atoms with Crippen molar-refractivity contribution in [2.75, 3.05) is 11.4 Å². The van der Waals surface area contributed by atoms with E-state index in [1.807, 2.05) is 35.4 Å². The maximum absolute atomic E-state index is 12.9. The van der Waals surface area contributed by atoms with Gasteiger partial charge in [-0.25, -0.2) is 0 Å². The van der Waals surface area contributed by atoms with Gasteiger partial charge < -0.3 is 4.90 Å². The van der Waals surface area contributed by atoms with Crippen molar-refractivity contribution in [1.82, 2.24) is 4.98 Å². The number of fused-ring (bicyclic) bond motifs is 1. The van der Waals surface area contributed by atoms with Gasteiger partial charge in [-0.2, -0.15) is 0 Å². The molecule has 1 aromatic heterocycles. The lowest BCUT2D eigenvalue weighted by Crippen LogP contribution is -2.35. The van der Waals surface area contributed by atoms with Crippen LogP contribution in [0.5, 0.6) is 0 Å². The molecule has 0 aliphatic carbocycles. The molecule has 0 saturated heterocycles. The minimum absolute atomic E-state index is 0.0947. The average molecular weight is 294 g/mol. The maximum Gasteiger partial charge on any atom is 0.258 e. The molecule has 0 spiro atoms. The number of hydrogen-bond acceptors (Lipinski definition) is 2. The summed E-state index contributed by atoms with van der Waals surface area (Å²) in [6.07, 6.45) is 6.72. The lowest BCUT2D eigenvalue weighted by atomic mass is 9.96. The van der Waals surface area contributed by atoms with E-state index in [4.69, 9.17) is 0 Å². The molecule has 1 unspecified atom stereocenters. The van der Waals surface area contributed by atoms with E-state index in [-0.39, 0.29) is 5.91 Å². The Morgan fingerprint density at radius 2 is 2.23 bits per heavy atom. The zero-order chi connectivity index (χ0) is 15.5. The molecule has 0 bridgehead atoms. The quantitative estimate of drug-likeness (QED) is 0.850. The van der Waals surface area contributed by atoms with Gasteiger partial charge in [-0.1, -0.05) is 26.0 Å². The molecule has 114 valence electrons. The molecule has 1 aliphatic heterocycles. The summed E-state index contributed by atoms with van der Waals surface area (Å²) in [4.78, 5) is 19.0. The van der Waals surface area contributed by atoms with Gasteiger partial charge in [-0.3, -0.25) is 9.78 Å². The van der Waals surface area contributed by atoms with E-state index < -0.39 is 0 Å². The number of carbonyl (C=O) groups excluding carboxylic acids is 1. The van der Waals surface area contributed by atoms with Crippen molar-refractivity contribution in [3.63, 3.8) is 0 Å². The molecule has 0 radical (unpaired) electrons. The van der Waals surface area contributed by atoms with E-state index in [0.29, 0.717) is 5.92 Å². The first-order valence-electron chi connectivity index (χ1n) is 8.05. The number of aromatic nitrogens is 1. The van der Waals surface area contributed by atoms with Crippen LogP contribution in [0.25, 0.3) is 0 Å². The van der Waals surface area contributed by atoms with Gasteiger partial charge in [0.05, 0.1) is 5.69 Å². The van der Waals surface area contributed by atoms with Gasteiger partial charge in [0.2, 0.25) is 0 Å². The second-order valence-corrected chi connectivity index (χ2v) is 6.00. The predicted octanol–water partition coefficient (Wildman–Crippen LogP) is 4.19. The van der Waals surface area contributed by atoms with E-state index in [2.05, 4.69) is 24.9 Å². The molecule has 1 amide bonds. The van der Waals surface area contributed by atoms with Crippen molar-refractivity contribution < 1.29 is 4.79 Å². The van der Waals surface area contributed by atoms with E-state index >= 15 is 0 Å². The minimum Gasteiger partial charge on any atom is -0.308 e. The fourth-order valence-corrected chi connectivity index (χ4v) is 3.00. The highest BCUT2D eigenvalue weighted by molar-refractivity contribution is 6.06. The van der Waals surface area contributed by atoms with Crippen LogP contribution in [0.1, 0.15) is 54.1 Å². The molecule has 0 N–H and O–H groups in total. The topological polar surface area (TPSA) is 33.2 Å². The number of aryl methyl sites for hydroxylation is 1. The van der Waals surface area contributed by atoms with Crippen molar-refractivity contribution in [1.29, 1.82) is 0 Å². The van der Waals surface area contributed by atoms with Gasteiger partial charge in [0.25, 0.3) is 5.91 Å². The monoisotopic (exact) mass is 294 g/mol. The smallest absolute Gasteiger partial charge is 0.258 e. The third-order valence-electron chi connectivity index (χ3n) is 4.56. The Balaban J connectivity index is 1.92. The molecule has 1 aromatic carbocycles. The Morgan fingerprint density at radius 1 is 1.36 bits per heavy atom. The summed E-state index contributed by atoms with van der Waals surface area (Å²) in [6, 6.07) is 10.0. The number of pyridine rings is 1. The fourth-order valence-electron chi connectivity index (χ4n) is 3.00. The van der Waals surface area contributed by atoms with Crippen LogP contribution in [0, 0.1) is 0 Å². The van der Waals surface area contributed by atoms with Crippen molar-refractivity contribution in [2.45, 2.75) is 39.0 Å². The van der Waals surface area contributed by atoms with Gasteiger partial charge in [-0.15, -0.1) is 0 Å². The van der Waals surface area contributed by atoms with Crippen molar-refractivity contribution in [2.24, 2.45) is 0 Å². The fraction of sp³-hybridized carbons (Fsp3) is 0.368. The zero-order valence-electron chi connectivity index (χ0n) is 13.2. The minimum atomic E-state index is 0.0947. The molecule has 2 heterocycles. The number of benzene rings is 1. The van der Waals surface area contributed by atoms with Crippen LogP contribution in [0.2, 0.25) is 0 Å². The Hall–Kier alpha value is -2.16. The van der Waals surface area contributed by atoms with E-state index in [9.17, 15) is 4.79 Å².